The first-order valence-electron chi connectivity index (χ1n) is 8.19. The molecule has 0 aromatic carbocycles. The predicted molar refractivity (Wildman–Crippen MR) is 89.6 cm³/mol. The van der Waals surface area contributed by atoms with E-state index in [4.69, 9.17) is 4.74 Å². The summed E-state index contributed by atoms with van der Waals surface area (Å²) in [4.78, 5) is 26.0. The molecule has 3 N–H and O–H groups in total. The molecular weight excluding hydrogens is 294 g/mol. The van der Waals surface area contributed by atoms with Gasteiger partial charge in [-0.25, -0.2) is 4.79 Å². The van der Waals surface area contributed by atoms with Crippen molar-refractivity contribution in [3.05, 3.63) is 33.7 Å². The van der Waals surface area contributed by atoms with Gasteiger partial charge in [-0.3, -0.25) is 4.79 Å². The zero-order valence-electron chi connectivity index (χ0n) is 14.4. The van der Waals surface area contributed by atoms with Crippen LogP contribution in [-0.2, 0) is 11.2 Å². The molecule has 1 aliphatic carbocycles. The van der Waals surface area contributed by atoms with E-state index in [1.165, 1.54) is 0 Å². The third-order valence-electron chi connectivity index (χ3n) is 3.77. The fourth-order valence-corrected chi connectivity index (χ4v) is 2.83. The fourth-order valence-electron chi connectivity index (χ4n) is 2.83. The fraction of sp³-hybridized carbons (Fsp3) is 0.647. The summed E-state index contributed by atoms with van der Waals surface area (Å²) in [7, 11) is 0. The second kappa shape index (κ2) is 7.17. The lowest BCUT2D eigenvalue weighted by Gasteiger charge is -2.29. The number of aryl methyl sites for hydroxylation is 1. The first-order chi connectivity index (χ1) is 10.7. The standard InChI is InChI=1S/C17H27N3O3/c1-11(10-18-16(22)23-17(2,3)4)19-13-6-5-7-14-12(13)8-9-15(21)20-14/h8-9,11,13,19H,5-7,10H2,1-4H3,(H,18,22)(H,20,21). The number of aromatic nitrogens is 1. The Morgan fingerprint density at radius 1 is 1.43 bits per heavy atom. The molecular formula is C17H27N3O3. The molecule has 23 heavy (non-hydrogen) atoms. The van der Waals surface area contributed by atoms with E-state index < -0.39 is 11.7 Å². The number of aromatic amines is 1. The largest absolute Gasteiger partial charge is 0.444 e. The first kappa shape index (κ1) is 17.5. The number of nitrogens with one attached hydrogen (secondary N) is 3. The Kier molecular flexibility index (Phi) is 5.46. The van der Waals surface area contributed by atoms with Gasteiger partial charge in [0, 0.05) is 30.4 Å². The molecule has 1 amide bonds. The third kappa shape index (κ3) is 5.39. The molecule has 2 atom stereocenters. The molecule has 6 nitrogen and oxygen atoms in total. The summed E-state index contributed by atoms with van der Waals surface area (Å²) in [6.07, 6.45) is 2.57. The molecule has 0 saturated carbocycles. The van der Waals surface area contributed by atoms with Crippen LogP contribution in [0.3, 0.4) is 0 Å². The zero-order valence-corrected chi connectivity index (χ0v) is 14.4. The molecule has 0 bridgehead atoms. The molecule has 0 fully saturated rings. The average molecular weight is 321 g/mol. The number of hydrogen-bond acceptors (Lipinski definition) is 4. The number of rotatable bonds is 4. The van der Waals surface area contributed by atoms with Gasteiger partial charge in [-0.2, -0.15) is 0 Å². The Hall–Kier alpha value is -1.82. The van der Waals surface area contributed by atoms with E-state index in [-0.39, 0.29) is 17.6 Å². The van der Waals surface area contributed by atoms with E-state index >= 15 is 0 Å². The van der Waals surface area contributed by atoms with Crippen LogP contribution in [-0.4, -0.2) is 29.3 Å². The van der Waals surface area contributed by atoms with Crippen molar-refractivity contribution in [2.45, 2.75) is 64.6 Å². The van der Waals surface area contributed by atoms with Crippen molar-refractivity contribution in [1.29, 1.82) is 0 Å². The first-order valence-corrected chi connectivity index (χ1v) is 8.19. The van der Waals surface area contributed by atoms with Crippen LogP contribution in [0.25, 0.3) is 0 Å². The third-order valence-corrected chi connectivity index (χ3v) is 3.77. The van der Waals surface area contributed by atoms with Gasteiger partial charge >= 0.3 is 6.09 Å². The molecule has 1 aromatic rings. The van der Waals surface area contributed by atoms with E-state index in [9.17, 15) is 9.59 Å². The highest BCUT2D eigenvalue weighted by atomic mass is 16.6. The second-order valence-electron chi connectivity index (χ2n) is 7.15. The normalized spacial score (nSPS) is 18.9. The van der Waals surface area contributed by atoms with E-state index in [1.807, 2.05) is 33.8 Å². The van der Waals surface area contributed by atoms with Crippen molar-refractivity contribution in [2.75, 3.05) is 6.54 Å². The highest BCUT2D eigenvalue weighted by Gasteiger charge is 2.22. The van der Waals surface area contributed by atoms with Crippen LogP contribution in [0, 0.1) is 0 Å². The Balaban J connectivity index is 1.88. The lowest BCUT2D eigenvalue weighted by atomic mass is 9.91. The van der Waals surface area contributed by atoms with E-state index in [0.717, 1.165) is 30.5 Å². The lowest BCUT2D eigenvalue weighted by molar-refractivity contribution is 0.0522. The summed E-state index contributed by atoms with van der Waals surface area (Å²) >= 11 is 0. The van der Waals surface area contributed by atoms with Gasteiger partial charge in [0.25, 0.3) is 0 Å². The van der Waals surface area contributed by atoms with Crippen LogP contribution in [0.1, 0.15) is 57.8 Å². The number of amides is 1. The van der Waals surface area contributed by atoms with E-state index in [0.29, 0.717) is 6.54 Å². The van der Waals surface area contributed by atoms with Crippen LogP contribution >= 0.6 is 0 Å². The second-order valence-corrected chi connectivity index (χ2v) is 7.15. The summed E-state index contributed by atoms with van der Waals surface area (Å²) in [5.41, 5.74) is 1.63. The maximum atomic E-state index is 11.7. The SMILES string of the molecule is CC(CNC(=O)OC(C)(C)C)NC1CCCc2[nH]c(=O)ccc21. The van der Waals surface area contributed by atoms with Gasteiger partial charge in [0.2, 0.25) is 5.56 Å². The number of fused-ring (bicyclic) bond motifs is 1. The Labute approximate surface area is 137 Å². The number of carbonyl (C=O) groups is 1. The van der Waals surface area contributed by atoms with Gasteiger partial charge in [-0.1, -0.05) is 6.07 Å². The Morgan fingerprint density at radius 2 is 2.17 bits per heavy atom. The molecule has 1 aromatic heterocycles. The Morgan fingerprint density at radius 3 is 2.87 bits per heavy atom. The monoisotopic (exact) mass is 321 g/mol. The topological polar surface area (TPSA) is 83.2 Å². The molecule has 0 radical (unpaired) electrons. The van der Waals surface area contributed by atoms with E-state index in [1.54, 1.807) is 6.07 Å². The van der Waals surface area contributed by atoms with Crippen molar-refractivity contribution in [3.63, 3.8) is 0 Å². The van der Waals surface area contributed by atoms with Crippen LogP contribution in [0.5, 0.6) is 0 Å². The molecule has 2 unspecified atom stereocenters. The lowest BCUT2D eigenvalue weighted by Crippen LogP contribution is -2.43. The summed E-state index contributed by atoms with van der Waals surface area (Å²) < 4.78 is 5.23. The minimum atomic E-state index is -0.491. The molecule has 0 spiro atoms. The maximum Gasteiger partial charge on any atom is 0.407 e. The van der Waals surface area contributed by atoms with Gasteiger partial charge in [0.15, 0.2) is 0 Å². The summed E-state index contributed by atoms with van der Waals surface area (Å²) in [6.45, 7) is 8.04. The molecule has 128 valence electrons. The van der Waals surface area contributed by atoms with Crippen molar-refractivity contribution < 1.29 is 9.53 Å². The van der Waals surface area contributed by atoms with Gasteiger partial charge in [-0.15, -0.1) is 0 Å². The van der Waals surface area contributed by atoms with Crippen molar-refractivity contribution >= 4 is 6.09 Å². The smallest absolute Gasteiger partial charge is 0.407 e. The number of pyridine rings is 1. The van der Waals surface area contributed by atoms with Gasteiger partial charge in [0.1, 0.15) is 5.60 Å². The summed E-state index contributed by atoms with van der Waals surface area (Å²) in [5, 5.41) is 6.30. The van der Waals surface area contributed by atoms with Gasteiger partial charge < -0.3 is 20.4 Å². The minimum Gasteiger partial charge on any atom is -0.444 e. The Bertz CT molecular complexity index is 604. The van der Waals surface area contributed by atoms with Crippen molar-refractivity contribution in [1.82, 2.24) is 15.6 Å². The number of carbonyl (C=O) groups excluding carboxylic acids is 1. The van der Waals surface area contributed by atoms with Crippen molar-refractivity contribution in [3.8, 4) is 0 Å². The number of H-pyrrole nitrogens is 1. The summed E-state index contributed by atoms with van der Waals surface area (Å²) in [6, 6.07) is 3.78. The van der Waals surface area contributed by atoms with Crippen LogP contribution in [0.4, 0.5) is 4.79 Å². The predicted octanol–water partition coefficient (Wildman–Crippen LogP) is 2.26. The number of alkyl carbamates (subject to hydrolysis) is 1. The molecule has 6 heteroatoms. The molecule has 0 aliphatic heterocycles. The number of ether oxygens (including phenoxy) is 1. The maximum absolute atomic E-state index is 11.7. The van der Waals surface area contributed by atoms with Gasteiger partial charge in [-0.05, 0) is 52.5 Å². The van der Waals surface area contributed by atoms with Gasteiger partial charge in [0.05, 0.1) is 0 Å². The van der Waals surface area contributed by atoms with Crippen LogP contribution in [0.2, 0.25) is 0 Å². The van der Waals surface area contributed by atoms with Crippen LogP contribution in [0.15, 0.2) is 16.9 Å². The molecule has 2 rings (SSSR count). The van der Waals surface area contributed by atoms with E-state index in [2.05, 4.69) is 15.6 Å². The average Bonchev–Trinajstić information content (AvgIpc) is 2.43. The van der Waals surface area contributed by atoms with Crippen molar-refractivity contribution in [2.24, 2.45) is 0 Å². The molecule has 0 saturated heterocycles. The molecule has 1 heterocycles. The molecule has 1 aliphatic rings. The highest BCUT2D eigenvalue weighted by molar-refractivity contribution is 5.67. The summed E-state index contributed by atoms with van der Waals surface area (Å²) in [5.74, 6) is 0. The number of hydrogen-bond donors (Lipinski definition) is 3. The minimum absolute atomic E-state index is 0.0518. The quantitative estimate of drug-likeness (QED) is 0.794. The zero-order chi connectivity index (χ0) is 17.0. The van der Waals surface area contributed by atoms with Crippen LogP contribution < -0.4 is 16.2 Å². The highest BCUT2D eigenvalue weighted by Crippen LogP contribution is 2.27.